The zero-order valence-corrected chi connectivity index (χ0v) is 14.2. The number of nitrogens with zero attached hydrogens (tertiary/aromatic N) is 5. The molecule has 1 saturated heterocycles. The predicted molar refractivity (Wildman–Crippen MR) is 97.7 cm³/mol. The van der Waals surface area contributed by atoms with Gasteiger partial charge in [0.1, 0.15) is 5.82 Å². The van der Waals surface area contributed by atoms with Crippen LogP contribution in [0.15, 0.2) is 36.8 Å². The molecule has 0 aromatic carbocycles. The number of anilines is 1. The van der Waals surface area contributed by atoms with E-state index in [1.165, 1.54) is 24.1 Å². The first-order valence-corrected chi connectivity index (χ1v) is 9.13. The second kappa shape index (κ2) is 6.11. The van der Waals surface area contributed by atoms with Crippen LogP contribution in [-0.2, 0) is 6.42 Å². The van der Waals surface area contributed by atoms with Crippen LogP contribution in [0.5, 0.6) is 0 Å². The Bertz CT molecular complexity index is 892. The molecule has 5 rings (SSSR count). The SMILES string of the molecule is c1cnc(CC2CC2)c(-c2cnn3ccc(N4CCNCC4)nc23)c1. The van der Waals surface area contributed by atoms with Crippen molar-refractivity contribution in [2.45, 2.75) is 19.3 Å². The van der Waals surface area contributed by atoms with Crippen molar-refractivity contribution < 1.29 is 0 Å². The Labute approximate surface area is 146 Å². The largest absolute Gasteiger partial charge is 0.354 e. The summed E-state index contributed by atoms with van der Waals surface area (Å²) in [4.78, 5) is 11.9. The first-order valence-electron chi connectivity index (χ1n) is 9.13. The molecule has 2 aliphatic rings. The van der Waals surface area contributed by atoms with Crippen LogP contribution in [0.4, 0.5) is 5.82 Å². The van der Waals surface area contributed by atoms with E-state index in [1.54, 1.807) is 0 Å². The van der Waals surface area contributed by atoms with Crippen molar-refractivity contribution in [3.8, 4) is 11.1 Å². The van der Waals surface area contributed by atoms with Gasteiger partial charge in [0.15, 0.2) is 5.65 Å². The third-order valence-electron chi connectivity index (χ3n) is 5.15. The molecule has 25 heavy (non-hydrogen) atoms. The van der Waals surface area contributed by atoms with E-state index in [0.717, 1.165) is 55.5 Å². The van der Waals surface area contributed by atoms with E-state index >= 15 is 0 Å². The molecule has 0 amide bonds. The van der Waals surface area contributed by atoms with Gasteiger partial charge in [0.05, 0.1) is 6.20 Å². The van der Waals surface area contributed by atoms with Gasteiger partial charge in [0, 0.05) is 55.4 Å². The van der Waals surface area contributed by atoms with Crippen LogP contribution in [-0.4, -0.2) is 45.8 Å². The predicted octanol–water partition coefficient (Wildman–Crippen LogP) is 2.15. The van der Waals surface area contributed by atoms with Crippen LogP contribution >= 0.6 is 0 Å². The van der Waals surface area contributed by atoms with Crippen LogP contribution < -0.4 is 10.2 Å². The molecule has 0 spiro atoms. The molecule has 3 aromatic rings. The van der Waals surface area contributed by atoms with E-state index in [-0.39, 0.29) is 0 Å². The molecular weight excluding hydrogens is 312 g/mol. The fourth-order valence-electron chi connectivity index (χ4n) is 3.56. The molecule has 3 aromatic heterocycles. The Morgan fingerprint density at radius 2 is 2.00 bits per heavy atom. The maximum absolute atomic E-state index is 4.94. The van der Waals surface area contributed by atoms with Crippen molar-refractivity contribution >= 4 is 11.5 Å². The van der Waals surface area contributed by atoms with Gasteiger partial charge < -0.3 is 10.2 Å². The highest BCUT2D eigenvalue weighted by Crippen LogP contribution is 2.35. The normalized spacial score (nSPS) is 18.0. The summed E-state index contributed by atoms with van der Waals surface area (Å²) in [5, 5.41) is 7.90. The number of nitrogens with one attached hydrogen (secondary N) is 1. The van der Waals surface area contributed by atoms with E-state index < -0.39 is 0 Å². The summed E-state index contributed by atoms with van der Waals surface area (Å²) in [7, 11) is 0. The summed E-state index contributed by atoms with van der Waals surface area (Å²) in [6.07, 6.45) is 9.56. The highest BCUT2D eigenvalue weighted by molar-refractivity contribution is 5.79. The molecule has 0 atom stereocenters. The fourth-order valence-corrected chi connectivity index (χ4v) is 3.56. The monoisotopic (exact) mass is 334 g/mol. The van der Waals surface area contributed by atoms with Gasteiger partial charge in [-0.15, -0.1) is 0 Å². The Kier molecular flexibility index (Phi) is 3.63. The van der Waals surface area contributed by atoms with Gasteiger partial charge in [-0.25, -0.2) is 9.50 Å². The third kappa shape index (κ3) is 2.87. The van der Waals surface area contributed by atoms with Gasteiger partial charge in [-0.3, -0.25) is 4.98 Å². The van der Waals surface area contributed by atoms with Crippen molar-refractivity contribution in [3.05, 3.63) is 42.5 Å². The van der Waals surface area contributed by atoms with E-state index in [0.29, 0.717) is 0 Å². The zero-order chi connectivity index (χ0) is 16.6. The second-order valence-electron chi connectivity index (χ2n) is 6.99. The Morgan fingerprint density at radius 3 is 2.84 bits per heavy atom. The van der Waals surface area contributed by atoms with Crippen molar-refractivity contribution in [1.29, 1.82) is 0 Å². The summed E-state index contributed by atoms with van der Waals surface area (Å²) < 4.78 is 1.87. The minimum absolute atomic E-state index is 0.805. The van der Waals surface area contributed by atoms with E-state index in [1.807, 2.05) is 29.2 Å². The summed E-state index contributed by atoms with van der Waals surface area (Å²) in [5.74, 6) is 1.84. The molecule has 1 saturated carbocycles. The molecule has 1 N–H and O–H groups in total. The molecule has 6 heteroatoms. The first kappa shape index (κ1) is 14.8. The van der Waals surface area contributed by atoms with Crippen molar-refractivity contribution in [2.75, 3.05) is 31.1 Å². The van der Waals surface area contributed by atoms with Gasteiger partial charge in [-0.1, -0.05) is 6.07 Å². The zero-order valence-electron chi connectivity index (χ0n) is 14.2. The Balaban J connectivity index is 1.57. The van der Waals surface area contributed by atoms with Crippen LogP contribution in [0.2, 0.25) is 0 Å². The molecule has 0 unspecified atom stereocenters. The van der Waals surface area contributed by atoms with Gasteiger partial charge in [-0.2, -0.15) is 5.10 Å². The van der Waals surface area contributed by atoms with Gasteiger partial charge in [0.2, 0.25) is 0 Å². The fraction of sp³-hybridized carbons (Fsp3) is 0.421. The first-order chi connectivity index (χ1) is 12.4. The van der Waals surface area contributed by atoms with Gasteiger partial charge in [0.25, 0.3) is 0 Å². The quantitative estimate of drug-likeness (QED) is 0.792. The maximum atomic E-state index is 4.94. The molecule has 128 valence electrons. The van der Waals surface area contributed by atoms with Crippen LogP contribution in [0.25, 0.3) is 16.8 Å². The van der Waals surface area contributed by atoms with Crippen LogP contribution in [0.1, 0.15) is 18.5 Å². The lowest BCUT2D eigenvalue weighted by Crippen LogP contribution is -2.43. The van der Waals surface area contributed by atoms with E-state index in [9.17, 15) is 0 Å². The number of hydrogen-bond acceptors (Lipinski definition) is 5. The minimum atomic E-state index is 0.805. The lowest BCUT2D eigenvalue weighted by molar-refractivity contribution is 0.585. The molecule has 4 heterocycles. The lowest BCUT2D eigenvalue weighted by Gasteiger charge is -2.28. The average Bonchev–Trinajstić information content (AvgIpc) is 3.39. The van der Waals surface area contributed by atoms with Crippen molar-refractivity contribution in [3.63, 3.8) is 0 Å². The highest BCUT2D eigenvalue weighted by Gasteiger charge is 2.24. The van der Waals surface area contributed by atoms with E-state index in [4.69, 9.17) is 4.98 Å². The second-order valence-corrected chi connectivity index (χ2v) is 6.99. The van der Waals surface area contributed by atoms with Crippen molar-refractivity contribution in [2.24, 2.45) is 5.92 Å². The summed E-state index contributed by atoms with van der Waals surface area (Å²) in [5.41, 5.74) is 4.35. The molecule has 0 bridgehead atoms. The standard InChI is InChI=1S/C19H22N6/c1-2-15(17(21-6-1)12-14-3-4-14)16-13-22-25-9-5-18(23-19(16)25)24-10-7-20-8-11-24/h1-2,5-6,9,13-14,20H,3-4,7-8,10-12H2. The van der Waals surface area contributed by atoms with E-state index in [2.05, 4.69) is 32.4 Å². The number of pyridine rings is 1. The highest BCUT2D eigenvalue weighted by atomic mass is 15.3. The number of hydrogen-bond donors (Lipinski definition) is 1. The summed E-state index contributed by atoms with van der Waals surface area (Å²) >= 11 is 0. The maximum Gasteiger partial charge on any atom is 0.165 e. The third-order valence-corrected chi connectivity index (χ3v) is 5.15. The van der Waals surface area contributed by atoms with Gasteiger partial charge >= 0.3 is 0 Å². The average molecular weight is 334 g/mol. The molecule has 2 fully saturated rings. The van der Waals surface area contributed by atoms with Crippen molar-refractivity contribution in [1.82, 2.24) is 24.9 Å². The van der Waals surface area contributed by atoms with Gasteiger partial charge in [-0.05, 0) is 37.3 Å². The lowest BCUT2D eigenvalue weighted by atomic mass is 10.0. The molecular formula is C19H22N6. The molecule has 1 aliphatic heterocycles. The summed E-state index contributed by atoms with van der Waals surface area (Å²) in [6, 6.07) is 6.22. The molecule has 1 aliphatic carbocycles. The van der Waals surface area contributed by atoms with Crippen LogP contribution in [0, 0.1) is 5.92 Å². The van der Waals surface area contributed by atoms with Crippen LogP contribution in [0.3, 0.4) is 0 Å². The number of piperazine rings is 1. The number of rotatable bonds is 4. The Hall–Kier alpha value is -2.47. The minimum Gasteiger partial charge on any atom is -0.354 e. The number of aromatic nitrogens is 4. The summed E-state index contributed by atoms with van der Waals surface area (Å²) in [6.45, 7) is 4.00. The molecule has 6 nitrogen and oxygen atoms in total. The smallest absolute Gasteiger partial charge is 0.165 e. The Morgan fingerprint density at radius 1 is 1.12 bits per heavy atom. The molecule has 0 radical (unpaired) electrons. The number of fused-ring (bicyclic) bond motifs is 1. The topological polar surface area (TPSA) is 58.4 Å².